The van der Waals surface area contributed by atoms with Gasteiger partial charge in [-0.25, -0.2) is 13.1 Å². The molecule has 0 saturated carbocycles. The van der Waals surface area contributed by atoms with Crippen LogP contribution in [0.3, 0.4) is 0 Å². The number of ether oxygens (including phenoxy) is 1. The summed E-state index contributed by atoms with van der Waals surface area (Å²) in [6.07, 6.45) is 0.651. The lowest BCUT2D eigenvalue weighted by Gasteiger charge is -2.51. The number of rotatable bonds is 7. The van der Waals surface area contributed by atoms with E-state index in [4.69, 9.17) is 4.74 Å². The molecule has 202 valence electrons. The van der Waals surface area contributed by atoms with Gasteiger partial charge in [0.2, 0.25) is 10.0 Å². The molecule has 3 unspecified atom stereocenters. The Kier molecular flexibility index (Phi) is 7.00. The van der Waals surface area contributed by atoms with E-state index in [1.165, 1.54) is 13.0 Å². The van der Waals surface area contributed by atoms with Crippen molar-refractivity contribution >= 4 is 20.9 Å². The third-order valence-corrected chi connectivity index (χ3v) is 9.25. The lowest BCUT2D eigenvalue weighted by atomic mass is 9.73. The normalized spacial score (nSPS) is 24.3. The molecule has 6 nitrogen and oxygen atoms in total. The number of methoxy groups -OCH3 is 1. The molecule has 0 aliphatic carbocycles. The first-order chi connectivity index (χ1) is 18.0. The number of alkyl halides is 3. The quantitative estimate of drug-likeness (QED) is 0.398. The lowest BCUT2D eigenvalue weighted by Crippen LogP contribution is -2.57. The van der Waals surface area contributed by atoms with Crippen molar-refractivity contribution in [1.29, 1.82) is 0 Å². The summed E-state index contributed by atoms with van der Waals surface area (Å²) in [4.78, 5) is 6.29. The Morgan fingerprint density at radius 1 is 1.21 bits per heavy atom. The lowest BCUT2D eigenvalue weighted by molar-refractivity contribution is -0.137. The summed E-state index contributed by atoms with van der Waals surface area (Å²) < 4.78 is 76.2. The minimum atomic E-state index is -4.67. The molecule has 2 bridgehead atoms. The number of sulfonamides is 1. The van der Waals surface area contributed by atoms with Crippen LogP contribution in [0.25, 0.3) is 10.9 Å². The molecule has 10 heteroatoms. The molecule has 0 amide bonds. The van der Waals surface area contributed by atoms with E-state index >= 15 is 0 Å². The first-order valence-corrected chi connectivity index (χ1v) is 14.0. The van der Waals surface area contributed by atoms with Crippen LogP contribution in [0.5, 0.6) is 5.75 Å². The smallest absolute Gasteiger partial charge is 0.416 e. The first-order valence-electron chi connectivity index (χ1n) is 12.5. The summed E-state index contributed by atoms with van der Waals surface area (Å²) in [6.45, 7) is 7.00. The van der Waals surface area contributed by atoms with E-state index in [9.17, 15) is 21.6 Å². The van der Waals surface area contributed by atoms with Crippen LogP contribution < -0.4 is 9.46 Å². The highest BCUT2D eigenvalue weighted by atomic mass is 32.2. The summed E-state index contributed by atoms with van der Waals surface area (Å²) in [5.74, 6) is 1.27. The predicted octanol–water partition coefficient (Wildman–Crippen LogP) is 5.49. The summed E-state index contributed by atoms with van der Waals surface area (Å²) >= 11 is 0. The molecule has 0 radical (unpaired) electrons. The average Bonchev–Trinajstić information content (AvgIpc) is 2.90. The third-order valence-electron chi connectivity index (χ3n) is 7.83. The van der Waals surface area contributed by atoms with Crippen molar-refractivity contribution in [3.05, 3.63) is 78.0 Å². The van der Waals surface area contributed by atoms with Gasteiger partial charge in [0.1, 0.15) is 5.75 Å². The van der Waals surface area contributed by atoms with Crippen molar-refractivity contribution in [1.82, 2.24) is 14.6 Å². The van der Waals surface area contributed by atoms with Crippen LogP contribution in [0.15, 0.2) is 66.2 Å². The summed E-state index contributed by atoms with van der Waals surface area (Å²) in [5, 5.41) is 0.725. The van der Waals surface area contributed by atoms with Gasteiger partial charge in [0.25, 0.3) is 0 Å². The zero-order valence-corrected chi connectivity index (χ0v) is 22.0. The van der Waals surface area contributed by atoms with Gasteiger partial charge in [-0.2, -0.15) is 13.2 Å². The van der Waals surface area contributed by atoms with E-state index in [0.717, 1.165) is 37.4 Å². The third kappa shape index (κ3) is 5.04. The Balaban J connectivity index is 1.62. The SMILES string of the molecule is C=CC1CN2CCC1C[C@@H]2[C@H](NS(=O)(=O)c1cc(C)cc(C(F)(F)F)c1)c1ccnc2ccc(OC)cc12. The summed E-state index contributed by atoms with van der Waals surface area (Å²) in [7, 11) is -2.78. The molecule has 1 N–H and O–H groups in total. The van der Waals surface area contributed by atoms with Crippen molar-refractivity contribution in [2.45, 2.75) is 42.9 Å². The molecule has 3 fully saturated rings. The van der Waals surface area contributed by atoms with Crippen LogP contribution in [-0.4, -0.2) is 44.5 Å². The Hall–Kier alpha value is -2.95. The number of fused-ring (bicyclic) bond motifs is 4. The molecule has 1 aromatic heterocycles. The van der Waals surface area contributed by atoms with Gasteiger partial charge in [-0.05, 0) is 91.7 Å². The van der Waals surface area contributed by atoms with Gasteiger partial charge in [-0.3, -0.25) is 9.88 Å². The second-order valence-corrected chi connectivity index (χ2v) is 11.9. The van der Waals surface area contributed by atoms with Crippen molar-refractivity contribution in [3.8, 4) is 5.75 Å². The predicted molar refractivity (Wildman–Crippen MR) is 139 cm³/mol. The zero-order chi connectivity index (χ0) is 27.2. The molecule has 38 heavy (non-hydrogen) atoms. The number of nitrogens with zero attached hydrogens (tertiary/aromatic N) is 2. The summed E-state index contributed by atoms with van der Waals surface area (Å²) in [5.41, 5.74) is 0.587. The van der Waals surface area contributed by atoms with Gasteiger partial charge in [0, 0.05) is 24.2 Å². The monoisotopic (exact) mass is 545 g/mol. The van der Waals surface area contributed by atoms with Crippen molar-refractivity contribution in [3.63, 3.8) is 0 Å². The van der Waals surface area contributed by atoms with E-state index in [-0.39, 0.29) is 11.6 Å². The van der Waals surface area contributed by atoms with Crippen molar-refractivity contribution < 1.29 is 26.3 Å². The van der Waals surface area contributed by atoms with Crippen LogP contribution in [0.4, 0.5) is 13.2 Å². The van der Waals surface area contributed by atoms with Gasteiger partial charge in [-0.1, -0.05) is 6.08 Å². The van der Waals surface area contributed by atoms with E-state index < -0.39 is 32.7 Å². The number of hydrogen-bond acceptors (Lipinski definition) is 5. The van der Waals surface area contributed by atoms with E-state index in [0.29, 0.717) is 34.7 Å². The minimum absolute atomic E-state index is 0.191. The molecule has 5 atom stereocenters. The molecule has 3 saturated heterocycles. The second-order valence-electron chi connectivity index (χ2n) is 10.2. The fourth-order valence-electron chi connectivity index (χ4n) is 5.92. The Morgan fingerprint density at radius 3 is 2.66 bits per heavy atom. The van der Waals surface area contributed by atoms with E-state index in [1.54, 1.807) is 31.5 Å². The Labute approximate surface area is 220 Å². The number of aromatic nitrogens is 1. The fraction of sp³-hybridized carbons (Fsp3) is 0.393. The molecule has 6 rings (SSSR count). The van der Waals surface area contributed by atoms with Gasteiger partial charge >= 0.3 is 6.18 Å². The molecule has 3 aromatic rings. The minimum Gasteiger partial charge on any atom is -0.497 e. The second kappa shape index (κ2) is 9.98. The highest BCUT2D eigenvalue weighted by molar-refractivity contribution is 7.89. The van der Waals surface area contributed by atoms with Gasteiger partial charge in [-0.15, -0.1) is 6.58 Å². The topological polar surface area (TPSA) is 71.5 Å². The van der Waals surface area contributed by atoms with Crippen LogP contribution >= 0.6 is 0 Å². The number of nitrogens with one attached hydrogen (secondary N) is 1. The number of piperidine rings is 3. The average molecular weight is 546 g/mol. The molecule has 3 aliphatic rings. The maximum absolute atomic E-state index is 13.7. The molecular formula is C28H30F3N3O3S. The Morgan fingerprint density at radius 2 is 2.00 bits per heavy atom. The molecule has 4 heterocycles. The van der Waals surface area contributed by atoms with Crippen molar-refractivity contribution in [2.24, 2.45) is 11.8 Å². The van der Waals surface area contributed by atoms with Crippen LogP contribution in [0.1, 0.15) is 35.6 Å². The first kappa shape index (κ1) is 26.6. The maximum Gasteiger partial charge on any atom is 0.416 e. The van der Waals surface area contributed by atoms with E-state index in [2.05, 4.69) is 21.2 Å². The number of halogens is 3. The van der Waals surface area contributed by atoms with Crippen LogP contribution in [0.2, 0.25) is 0 Å². The number of pyridine rings is 1. The number of benzene rings is 2. The fourth-order valence-corrected chi connectivity index (χ4v) is 7.30. The standard InChI is InChI=1S/C28H30F3N3O3S/c1-4-18-16-34-10-8-19(18)13-26(34)27(23-7-9-32-25-6-5-21(37-3)15-24(23)25)33-38(35,36)22-12-17(2)11-20(14-22)28(29,30)31/h4-7,9,11-12,14-15,18-19,26-27,33H,1,8,10,13,16H2,2-3H3/t18?,19?,26-,27-/m1/s1. The maximum atomic E-state index is 13.7. The van der Waals surface area contributed by atoms with Gasteiger partial charge in [0.05, 0.1) is 29.1 Å². The number of aryl methyl sites for hydroxylation is 1. The Bertz CT molecular complexity index is 1480. The van der Waals surface area contributed by atoms with E-state index in [1.807, 2.05) is 12.1 Å². The molecular weight excluding hydrogens is 515 g/mol. The number of hydrogen-bond donors (Lipinski definition) is 1. The van der Waals surface area contributed by atoms with Gasteiger partial charge in [0.15, 0.2) is 0 Å². The van der Waals surface area contributed by atoms with Gasteiger partial charge < -0.3 is 4.74 Å². The van der Waals surface area contributed by atoms with Crippen molar-refractivity contribution in [2.75, 3.05) is 20.2 Å². The highest BCUT2D eigenvalue weighted by Gasteiger charge is 2.44. The zero-order valence-electron chi connectivity index (χ0n) is 21.2. The van der Waals surface area contributed by atoms with Crippen LogP contribution in [-0.2, 0) is 16.2 Å². The molecule has 0 spiro atoms. The molecule has 2 aromatic carbocycles. The molecule has 3 aliphatic heterocycles. The van der Waals surface area contributed by atoms with Crippen LogP contribution in [0, 0.1) is 18.8 Å². The summed E-state index contributed by atoms with van der Waals surface area (Å²) in [6, 6.07) is 9.18. The highest BCUT2D eigenvalue weighted by Crippen LogP contribution is 2.43. The largest absolute Gasteiger partial charge is 0.497 e.